The van der Waals surface area contributed by atoms with Crippen LogP contribution < -0.4 is 5.32 Å². The second-order valence-corrected chi connectivity index (χ2v) is 5.75. The van der Waals surface area contributed by atoms with E-state index in [4.69, 9.17) is 0 Å². The van der Waals surface area contributed by atoms with E-state index < -0.39 is 0 Å². The molecule has 2 heterocycles. The van der Waals surface area contributed by atoms with Crippen LogP contribution in [-0.4, -0.2) is 11.1 Å². The first-order valence-corrected chi connectivity index (χ1v) is 7.42. The smallest absolute Gasteiger partial charge is 0.0488 e. The molecule has 2 aliphatic rings. The van der Waals surface area contributed by atoms with Crippen LogP contribution in [0.4, 0.5) is 0 Å². The molecule has 0 spiro atoms. The molecule has 0 saturated heterocycles. The fraction of sp³-hybridized carbons (Fsp3) is 0.412. The molecule has 2 heteroatoms. The molecule has 4 rings (SSSR count). The van der Waals surface area contributed by atoms with Crippen LogP contribution in [0.2, 0.25) is 0 Å². The Morgan fingerprint density at radius 3 is 2.74 bits per heavy atom. The van der Waals surface area contributed by atoms with E-state index in [0.29, 0.717) is 0 Å². The highest BCUT2D eigenvalue weighted by Gasteiger charge is 2.30. The summed E-state index contributed by atoms with van der Waals surface area (Å²) >= 11 is 0. The average molecular weight is 252 g/mol. The molecule has 0 radical (unpaired) electrons. The van der Waals surface area contributed by atoms with E-state index in [1.165, 1.54) is 42.5 Å². The summed E-state index contributed by atoms with van der Waals surface area (Å²) < 4.78 is 2.64. The first-order valence-electron chi connectivity index (χ1n) is 7.42. The predicted octanol–water partition coefficient (Wildman–Crippen LogP) is 3.53. The van der Waals surface area contributed by atoms with Crippen molar-refractivity contribution in [1.29, 1.82) is 0 Å². The Balaban J connectivity index is 1.86. The molecule has 1 aliphatic carbocycles. The second kappa shape index (κ2) is 4.53. The zero-order valence-corrected chi connectivity index (χ0v) is 11.2. The van der Waals surface area contributed by atoms with Gasteiger partial charge in [0.2, 0.25) is 0 Å². The van der Waals surface area contributed by atoms with Crippen molar-refractivity contribution in [3.05, 3.63) is 47.7 Å². The standard InChI is InChI=1S/C17H20N2/c1-2-5-13(6-3-1)17-11-14-12-18-10-4-7-16(14)19(17)15-8-9-15/h1-3,5-6,11,15,18H,4,7-10,12H2. The Labute approximate surface area is 114 Å². The lowest BCUT2D eigenvalue weighted by molar-refractivity contribution is 0.660. The van der Waals surface area contributed by atoms with Gasteiger partial charge in [0.25, 0.3) is 0 Å². The molecule has 0 atom stereocenters. The number of fused-ring (bicyclic) bond motifs is 1. The third-order valence-electron chi connectivity index (χ3n) is 4.30. The van der Waals surface area contributed by atoms with E-state index in [1.54, 1.807) is 5.69 Å². The van der Waals surface area contributed by atoms with Crippen molar-refractivity contribution in [1.82, 2.24) is 9.88 Å². The Hall–Kier alpha value is -1.54. The fourth-order valence-corrected chi connectivity index (χ4v) is 3.24. The van der Waals surface area contributed by atoms with Crippen molar-refractivity contribution in [2.24, 2.45) is 0 Å². The third-order valence-corrected chi connectivity index (χ3v) is 4.30. The maximum atomic E-state index is 3.54. The van der Waals surface area contributed by atoms with Crippen molar-refractivity contribution in [2.75, 3.05) is 6.54 Å². The fourth-order valence-electron chi connectivity index (χ4n) is 3.24. The summed E-state index contributed by atoms with van der Waals surface area (Å²) in [5.74, 6) is 0. The van der Waals surface area contributed by atoms with Crippen LogP contribution in [0.3, 0.4) is 0 Å². The van der Waals surface area contributed by atoms with Gasteiger partial charge in [-0.25, -0.2) is 0 Å². The molecule has 0 amide bonds. The number of hydrogen-bond acceptors (Lipinski definition) is 1. The lowest BCUT2D eigenvalue weighted by Gasteiger charge is -2.12. The minimum atomic E-state index is 0.761. The number of aromatic nitrogens is 1. The molecule has 1 aromatic carbocycles. The zero-order valence-electron chi connectivity index (χ0n) is 11.2. The van der Waals surface area contributed by atoms with Gasteiger partial charge >= 0.3 is 0 Å². The molecule has 1 saturated carbocycles. The van der Waals surface area contributed by atoms with E-state index in [0.717, 1.165) is 19.1 Å². The van der Waals surface area contributed by atoms with Crippen molar-refractivity contribution >= 4 is 0 Å². The summed E-state index contributed by atoms with van der Waals surface area (Å²) in [7, 11) is 0. The summed E-state index contributed by atoms with van der Waals surface area (Å²) in [5, 5.41) is 3.54. The van der Waals surface area contributed by atoms with Crippen molar-refractivity contribution < 1.29 is 0 Å². The van der Waals surface area contributed by atoms with E-state index in [1.807, 2.05) is 0 Å². The van der Waals surface area contributed by atoms with Crippen molar-refractivity contribution in [2.45, 2.75) is 38.3 Å². The van der Waals surface area contributed by atoms with Crippen LogP contribution in [0.25, 0.3) is 11.3 Å². The first-order chi connectivity index (χ1) is 9.43. The molecule has 19 heavy (non-hydrogen) atoms. The number of hydrogen-bond donors (Lipinski definition) is 1. The molecule has 0 unspecified atom stereocenters. The van der Waals surface area contributed by atoms with Crippen LogP contribution in [0.1, 0.15) is 36.6 Å². The molecular weight excluding hydrogens is 232 g/mol. The Morgan fingerprint density at radius 2 is 1.95 bits per heavy atom. The molecule has 1 fully saturated rings. The predicted molar refractivity (Wildman–Crippen MR) is 78.2 cm³/mol. The van der Waals surface area contributed by atoms with Gasteiger partial charge in [-0.2, -0.15) is 0 Å². The van der Waals surface area contributed by atoms with Gasteiger partial charge in [-0.3, -0.25) is 0 Å². The summed E-state index contributed by atoms with van der Waals surface area (Å²) in [6, 6.07) is 14.0. The van der Waals surface area contributed by atoms with Gasteiger partial charge < -0.3 is 9.88 Å². The highest BCUT2D eigenvalue weighted by molar-refractivity contribution is 5.63. The van der Waals surface area contributed by atoms with Crippen LogP contribution >= 0.6 is 0 Å². The summed E-state index contributed by atoms with van der Waals surface area (Å²) in [6.07, 6.45) is 5.20. The number of nitrogens with one attached hydrogen (secondary N) is 1. The third kappa shape index (κ3) is 2.00. The largest absolute Gasteiger partial charge is 0.341 e. The van der Waals surface area contributed by atoms with E-state index in [-0.39, 0.29) is 0 Å². The quantitative estimate of drug-likeness (QED) is 0.865. The monoisotopic (exact) mass is 252 g/mol. The Morgan fingerprint density at radius 1 is 1.11 bits per heavy atom. The first kappa shape index (κ1) is 11.3. The van der Waals surface area contributed by atoms with Gasteiger partial charge in [-0.1, -0.05) is 30.3 Å². The van der Waals surface area contributed by atoms with E-state index >= 15 is 0 Å². The van der Waals surface area contributed by atoms with Gasteiger partial charge in [0.05, 0.1) is 0 Å². The molecule has 1 aliphatic heterocycles. The van der Waals surface area contributed by atoms with Gasteiger partial charge in [-0.05, 0) is 49.4 Å². The maximum absolute atomic E-state index is 3.54. The summed E-state index contributed by atoms with van der Waals surface area (Å²) in [4.78, 5) is 0. The molecule has 2 nitrogen and oxygen atoms in total. The topological polar surface area (TPSA) is 17.0 Å². The summed E-state index contributed by atoms with van der Waals surface area (Å²) in [6.45, 7) is 2.19. The highest BCUT2D eigenvalue weighted by atomic mass is 15.1. The number of rotatable bonds is 2. The lowest BCUT2D eigenvalue weighted by atomic mass is 10.1. The lowest BCUT2D eigenvalue weighted by Crippen LogP contribution is -2.11. The number of benzene rings is 1. The van der Waals surface area contributed by atoms with E-state index in [9.17, 15) is 0 Å². The summed E-state index contributed by atoms with van der Waals surface area (Å²) in [5.41, 5.74) is 5.90. The second-order valence-electron chi connectivity index (χ2n) is 5.75. The van der Waals surface area contributed by atoms with Crippen LogP contribution in [0.15, 0.2) is 36.4 Å². The van der Waals surface area contributed by atoms with Crippen LogP contribution in [-0.2, 0) is 13.0 Å². The normalized spacial score (nSPS) is 18.9. The van der Waals surface area contributed by atoms with Crippen LogP contribution in [0, 0.1) is 0 Å². The van der Waals surface area contributed by atoms with E-state index in [2.05, 4.69) is 46.3 Å². The Kier molecular flexibility index (Phi) is 2.70. The van der Waals surface area contributed by atoms with Gasteiger partial charge in [0, 0.05) is 24.0 Å². The SMILES string of the molecule is c1ccc(-c2cc3c(n2C2CC2)CCCNC3)cc1. The van der Waals surface area contributed by atoms with Gasteiger partial charge in [0.15, 0.2) is 0 Å². The molecule has 1 aromatic heterocycles. The molecule has 2 aromatic rings. The highest BCUT2D eigenvalue weighted by Crippen LogP contribution is 2.42. The van der Waals surface area contributed by atoms with Gasteiger partial charge in [0.1, 0.15) is 0 Å². The molecule has 1 N–H and O–H groups in total. The van der Waals surface area contributed by atoms with Crippen LogP contribution in [0.5, 0.6) is 0 Å². The van der Waals surface area contributed by atoms with Gasteiger partial charge in [-0.15, -0.1) is 0 Å². The minimum Gasteiger partial charge on any atom is -0.341 e. The molecule has 98 valence electrons. The maximum Gasteiger partial charge on any atom is 0.0488 e. The van der Waals surface area contributed by atoms with Crippen molar-refractivity contribution in [3.8, 4) is 11.3 Å². The minimum absolute atomic E-state index is 0.761. The number of nitrogens with zero attached hydrogens (tertiary/aromatic N) is 1. The molecular formula is C17H20N2. The zero-order chi connectivity index (χ0) is 12.7. The molecule has 0 bridgehead atoms. The van der Waals surface area contributed by atoms with Crippen molar-refractivity contribution in [3.63, 3.8) is 0 Å². The Bertz CT molecular complexity index is 579. The average Bonchev–Trinajstić information content (AvgIpc) is 3.26.